The molecule has 3 aliphatic rings. The molecule has 0 spiro atoms. The van der Waals surface area contributed by atoms with E-state index in [4.69, 9.17) is 9.73 Å². The number of fused-ring (bicyclic) bond motifs is 2. The highest BCUT2D eigenvalue weighted by atomic mass is 16.5. The van der Waals surface area contributed by atoms with Crippen molar-refractivity contribution in [3.63, 3.8) is 0 Å². The number of nitrogens with one attached hydrogen (secondary N) is 2. The Morgan fingerprint density at radius 2 is 1.96 bits per heavy atom. The number of aliphatic imine (C=N–C) groups is 1. The molecule has 1 amide bonds. The number of piperidine rings is 1. The summed E-state index contributed by atoms with van der Waals surface area (Å²) in [6.45, 7) is 5.27. The van der Waals surface area contributed by atoms with E-state index in [1.807, 2.05) is 29.2 Å². The maximum absolute atomic E-state index is 12.6. The van der Waals surface area contributed by atoms with Gasteiger partial charge in [-0.2, -0.15) is 0 Å². The first-order valence-electron chi connectivity index (χ1n) is 10.8. The summed E-state index contributed by atoms with van der Waals surface area (Å²) in [5, 5.41) is 6.88. The van der Waals surface area contributed by atoms with Gasteiger partial charge >= 0.3 is 0 Å². The normalized spacial score (nSPS) is 27.1. The van der Waals surface area contributed by atoms with Gasteiger partial charge < -0.3 is 20.3 Å². The second-order valence-electron chi connectivity index (χ2n) is 8.11. The smallest absolute Gasteiger partial charge is 0.253 e. The lowest BCUT2D eigenvalue weighted by molar-refractivity contribution is 0.0724. The van der Waals surface area contributed by atoms with Crippen LogP contribution >= 0.6 is 0 Å². The van der Waals surface area contributed by atoms with Crippen LogP contribution < -0.4 is 10.6 Å². The fraction of sp³-hybridized carbons (Fsp3) is 0.636. The number of ether oxygens (including phenoxy) is 1. The van der Waals surface area contributed by atoms with E-state index in [2.05, 4.69) is 17.6 Å². The molecule has 0 saturated carbocycles. The predicted octanol–water partition coefficient (Wildman–Crippen LogP) is 2.69. The summed E-state index contributed by atoms with van der Waals surface area (Å²) in [6.07, 6.45) is 7.63. The second kappa shape index (κ2) is 8.95. The number of hydrogen-bond acceptors (Lipinski definition) is 3. The summed E-state index contributed by atoms with van der Waals surface area (Å²) in [5.74, 6) is 0.998. The van der Waals surface area contributed by atoms with Gasteiger partial charge in [-0.15, -0.1) is 0 Å². The summed E-state index contributed by atoms with van der Waals surface area (Å²) in [6, 6.07) is 8.27. The molecule has 3 fully saturated rings. The predicted molar refractivity (Wildman–Crippen MR) is 110 cm³/mol. The van der Waals surface area contributed by atoms with Crippen molar-refractivity contribution in [2.45, 2.75) is 70.2 Å². The summed E-state index contributed by atoms with van der Waals surface area (Å²) >= 11 is 0. The van der Waals surface area contributed by atoms with Crippen molar-refractivity contribution in [2.24, 2.45) is 4.99 Å². The molecule has 6 heteroatoms. The van der Waals surface area contributed by atoms with E-state index in [0.717, 1.165) is 62.4 Å². The van der Waals surface area contributed by atoms with Crippen LogP contribution in [0.3, 0.4) is 0 Å². The molecule has 3 atom stereocenters. The molecule has 152 valence electrons. The molecule has 0 radical (unpaired) electrons. The first-order valence-corrected chi connectivity index (χ1v) is 10.8. The molecule has 28 heavy (non-hydrogen) atoms. The molecular formula is C22H32N4O2. The summed E-state index contributed by atoms with van der Waals surface area (Å²) in [5.41, 5.74) is 1.88. The van der Waals surface area contributed by atoms with Crippen LogP contribution in [-0.4, -0.2) is 54.7 Å². The van der Waals surface area contributed by atoms with E-state index in [-0.39, 0.29) is 5.91 Å². The van der Waals surface area contributed by atoms with Crippen molar-refractivity contribution < 1.29 is 9.53 Å². The topological polar surface area (TPSA) is 66.0 Å². The highest BCUT2D eigenvalue weighted by molar-refractivity contribution is 5.94. The first-order chi connectivity index (χ1) is 13.7. The van der Waals surface area contributed by atoms with E-state index in [9.17, 15) is 4.79 Å². The van der Waals surface area contributed by atoms with Crippen LogP contribution in [0.15, 0.2) is 29.3 Å². The number of carbonyl (C=O) groups excluding carboxylic acids is 1. The Balaban J connectivity index is 1.34. The fourth-order valence-corrected chi connectivity index (χ4v) is 4.49. The minimum absolute atomic E-state index is 0.154. The zero-order valence-electron chi connectivity index (χ0n) is 16.8. The molecule has 0 aromatic heterocycles. The van der Waals surface area contributed by atoms with E-state index < -0.39 is 0 Å². The molecule has 1 aromatic rings. The van der Waals surface area contributed by atoms with Gasteiger partial charge in [-0.3, -0.25) is 4.79 Å². The van der Waals surface area contributed by atoms with Crippen molar-refractivity contribution in [2.75, 3.05) is 19.6 Å². The highest BCUT2D eigenvalue weighted by Crippen LogP contribution is 2.34. The van der Waals surface area contributed by atoms with Crippen molar-refractivity contribution in [3.8, 4) is 0 Å². The quantitative estimate of drug-likeness (QED) is 0.605. The van der Waals surface area contributed by atoms with E-state index in [0.29, 0.717) is 24.8 Å². The number of benzene rings is 1. The van der Waals surface area contributed by atoms with Gasteiger partial charge in [0.1, 0.15) is 0 Å². The maximum Gasteiger partial charge on any atom is 0.253 e. The molecule has 3 aliphatic heterocycles. The maximum atomic E-state index is 12.6. The Kier molecular flexibility index (Phi) is 6.15. The second-order valence-corrected chi connectivity index (χ2v) is 8.11. The Morgan fingerprint density at radius 1 is 1.18 bits per heavy atom. The van der Waals surface area contributed by atoms with Gasteiger partial charge in [0.05, 0.1) is 24.8 Å². The molecule has 4 rings (SSSR count). The number of rotatable bonds is 5. The molecule has 2 N–H and O–H groups in total. The van der Waals surface area contributed by atoms with Gasteiger partial charge in [0.15, 0.2) is 5.96 Å². The van der Waals surface area contributed by atoms with Gasteiger partial charge in [0.25, 0.3) is 5.91 Å². The van der Waals surface area contributed by atoms with E-state index in [1.165, 1.54) is 12.8 Å². The van der Waals surface area contributed by atoms with Crippen LogP contribution in [0.1, 0.15) is 61.4 Å². The van der Waals surface area contributed by atoms with Crippen LogP contribution in [0.2, 0.25) is 0 Å². The van der Waals surface area contributed by atoms with Crippen LogP contribution in [0.25, 0.3) is 0 Å². The largest absolute Gasteiger partial charge is 0.373 e. The monoisotopic (exact) mass is 384 g/mol. The number of nitrogens with zero attached hydrogens (tertiary/aromatic N) is 2. The molecule has 3 heterocycles. The van der Waals surface area contributed by atoms with Gasteiger partial charge in [0, 0.05) is 25.2 Å². The average Bonchev–Trinajstić information content (AvgIpc) is 3.36. The third-order valence-corrected chi connectivity index (χ3v) is 6.04. The number of hydrogen-bond donors (Lipinski definition) is 2. The molecule has 0 aliphatic carbocycles. The van der Waals surface area contributed by atoms with Crippen molar-refractivity contribution in [3.05, 3.63) is 35.4 Å². The van der Waals surface area contributed by atoms with Crippen molar-refractivity contribution in [1.82, 2.24) is 15.5 Å². The molecule has 6 nitrogen and oxygen atoms in total. The first kappa shape index (κ1) is 19.2. The molecule has 3 unspecified atom stereocenters. The van der Waals surface area contributed by atoms with Gasteiger partial charge in [-0.05, 0) is 63.1 Å². The lowest BCUT2D eigenvalue weighted by Gasteiger charge is -2.26. The van der Waals surface area contributed by atoms with Gasteiger partial charge in [-0.1, -0.05) is 12.1 Å². The number of carbonyl (C=O) groups is 1. The van der Waals surface area contributed by atoms with Crippen molar-refractivity contribution in [1.29, 1.82) is 0 Å². The zero-order valence-corrected chi connectivity index (χ0v) is 16.8. The van der Waals surface area contributed by atoms with Crippen LogP contribution in [0.4, 0.5) is 0 Å². The Hall–Kier alpha value is -2.08. The van der Waals surface area contributed by atoms with Crippen LogP contribution in [0, 0.1) is 0 Å². The Morgan fingerprint density at radius 3 is 2.61 bits per heavy atom. The molecule has 2 bridgehead atoms. The van der Waals surface area contributed by atoms with Gasteiger partial charge in [0.2, 0.25) is 0 Å². The summed E-state index contributed by atoms with van der Waals surface area (Å²) in [7, 11) is 0. The lowest BCUT2D eigenvalue weighted by Crippen LogP contribution is -2.47. The van der Waals surface area contributed by atoms with E-state index >= 15 is 0 Å². The number of likely N-dealkylation sites (tertiary alicyclic amines) is 1. The Labute approximate surface area is 167 Å². The highest BCUT2D eigenvalue weighted by Gasteiger charge is 2.41. The number of guanidine groups is 1. The van der Waals surface area contributed by atoms with Crippen LogP contribution in [-0.2, 0) is 11.3 Å². The molecular weight excluding hydrogens is 352 g/mol. The van der Waals surface area contributed by atoms with E-state index in [1.54, 1.807) is 0 Å². The fourth-order valence-electron chi connectivity index (χ4n) is 4.49. The van der Waals surface area contributed by atoms with Gasteiger partial charge in [-0.25, -0.2) is 4.99 Å². The Bertz CT molecular complexity index is 697. The zero-order chi connectivity index (χ0) is 19.3. The lowest BCUT2D eigenvalue weighted by atomic mass is 9.96. The third-order valence-electron chi connectivity index (χ3n) is 6.04. The summed E-state index contributed by atoms with van der Waals surface area (Å²) < 4.78 is 5.93. The standard InChI is InChI=1S/C22H32N4O2/c1-2-23-22(25-19-14-18-10-11-20(19)28-18)24-15-16-6-8-17(9-7-16)21(27)26-12-4-3-5-13-26/h6-9,18-20H,2-5,10-15H2,1H3,(H2,23,24,25). The minimum atomic E-state index is 0.154. The SMILES string of the molecule is CCNC(=NCc1ccc(C(=O)N2CCCCC2)cc1)NC1CC2CCC1O2. The van der Waals surface area contributed by atoms with Crippen molar-refractivity contribution >= 4 is 11.9 Å². The third kappa shape index (κ3) is 4.49. The molecule has 3 saturated heterocycles. The molecule has 1 aromatic carbocycles. The van der Waals surface area contributed by atoms with Crippen LogP contribution in [0.5, 0.6) is 0 Å². The average molecular weight is 385 g/mol. The minimum Gasteiger partial charge on any atom is -0.373 e. The summed E-state index contributed by atoms with van der Waals surface area (Å²) in [4.78, 5) is 19.3. The number of amides is 1.